The van der Waals surface area contributed by atoms with Crippen molar-refractivity contribution < 1.29 is 23.8 Å². The zero-order valence-corrected chi connectivity index (χ0v) is 18.2. The van der Waals surface area contributed by atoms with E-state index in [2.05, 4.69) is 20.5 Å². The van der Waals surface area contributed by atoms with Crippen LogP contribution in [0.25, 0.3) is 11.3 Å². The number of rotatable bonds is 9. The van der Waals surface area contributed by atoms with Gasteiger partial charge in [-0.15, -0.1) is 10.2 Å². The third-order valence-electron chi connectivity index (χ3n) is 6.22. The van der Waals surface area contributed by atoms with E-state index in [-0.39, 0.29) is 25.1 Å². The van der Waals surface area contributed by atoms with Gasteiger partial charge in [0.15, 0.2) is 0 Å². The summed E-state index contributed by atoms with van der Waals surface area (Å²) in [5.41, 5.74) is 6.30. The van der Waals surface area contributed by atoms with Crippen molar-refractivity contribution in [3.05, 3.63) is 71.8 Å². The van der Waals surface area contributed by atoms with Crippen LogP contribution in [-0.4, -0.2) is 50.6 Å². The number of hydrogen-bond donors (Lipinski definition) is 4. The van der Waals surface area contributed by atoms with Gasteiger partial charge in [0.25, 0.3) is 0 Å². The number of anilines is 1. The summed E-state index contributed by atoms with van der Waals surface area (Å²) in [6.45, 7) is -0.319. The molecular weight excluding hydrogens is 444 g/mol. The second-order valence-electron chi connectivity index (χ2n) is 8.54. The van der Waals surface area contributed by atoms with Crippen LogP contribution in [0, 0.1) is 11.7 Å². The number of alkyl halides is 1. The molecule has 0 aliphatic heterocycles. The molecule has 5 N–H and O–H groups in total. The summed E-state index contributed by atoms with van der Waals surface area (Å²) < 4.78 is 28.0. The molecule has 4 rings (SSSR count). The second-order valence-corrected chi connectivity index (χ2v) is 8.54. The molecule has 0 spiro atoms. The first kappa shape index (κ1) is 23.7. The number of nitrogens with two attached hydrogens (primary N) is 1. The quantitative estimate of drug-likeness (QED) is 0.378. The van der Waals surface area contributed by atoms with Crippen molar-refractivity contribution in [2.24, 2.45) is 11.7 Å². The summed E-state index contributed by atoms with van der Waals surface area (Å²) in [5, 5.41) is 31.2. The molecule has 2 atom stereocenters. The van der Waals surface area contributed by atoms with Gasteiger partial charge in [0.1, 0.15) is 17.8 Å². The van der Waals surface area contributed by atoms with Gasteiger partial charge in [0, 0.05) is 23.7 Å². The predicted octanol–water partition coefficient (Wildman–Crippen LogP) is 2.29. The van der Waals surface area contributed by atoms with Gasteiger partial charge in [-0.2, -0.15) is 0 Å². The monoisotopic (exact) mass is 469 g/mol. The van der Waals surface area contributed by atoms with E-state index < -0.39 is 41.9 Å². The van der Waals surface area contributed by atoms with Crippen molar-refractivity contribution in [1.82, 2.24) is 15.2 Å². The molecule has 0 bridgehead atoms. The maximum atomic E-state index is 14.3. The highest BCUT2D eigenvalue weighted by Gasteiger charge is 2.48. The van der Waals surface area contributed by atoms with E-state index in [1.807, 2.05) is 0 Å². The number of hydrogen-bond acceptors (Lipinski definition) is 7. The average Bonchev–Trinajstić information content (AvgIpc) is 2.82. The first-order valence-electron chi connectivity index (χ1n) is 10.8. The van der Waals surface area contributed by atoms with Crippen molar-refractivity contribution in [2.75, 3.05) is 18.5 Å². The Morgan fingerprint density at radius 2 is 2.00 bits per heavy atom. The fourth-order valence-corrected chi connectivity index (χ4v) is 4.29. The molecule has 2 heterocycles. The standard InChI is InChI=1S/C24H25F2N5O3/c25-16-10-24(11-16,22-18(26)5-2-8-28-22)13-29-20-7-6-19(30-31-20)14-3-1-4-15(9-14)21(33)17(12-32)23(27)34/h1-9,16-17,21,32-33H,10-13H2,(H2,27,34)(H,29,31). The minimum atomic E-state index is -1.26. The van der Waals surface area contributed by atoms with Crippen LogP contribution in [0.4, 0.5) is 14.6 Å². The third kappa shape index (κ3) is 4.73. The van der Waals surface area contributed by atoms with Crippen molar-refractivity contribution in [2.45, 2.75) is 30.5 Å². The minimum absolute atomic E-state index is 0.175. The number of benzene rings is 1. The number of amides is 1. The molecule has 2 unspecified atom stereocenters. The zero-order valence-electron chi connectivity index (χ0n) is 18.2. The fraction of sp³-hybridized carbons (Fsp3) is 0.333. The summed E-state index contributed by atoms with van der Waals surface area (Å²) in [7, 11) is 0. The lowest BCUT2D eigenvalue weighted by Gasteiger charge is -2.44. The van der Waals surface area contributed by atoms with Crippen molar-refractivity contribution in [1.29, 1.82) is 0 Å². The lowest BCUT2D eigenvalue weighted by Crippen LogP contribution is -2.49. The number of halogens is 2. The Morgan fingerprint density at radius 3 is 2.62 bits per heavy atom. The van der Waals surface area contributed by atoms with Gasteiger partial charge < -0.3 is 21.3 Å². The Labute approximate surface area is 194 Å². The SMILES string of the molecule is NC(=O)C(CO)C(O)c1cccc(-c2ccc(NCC3(c4ncccc4F)CC(F)C3)nn2)c1. The molecule has 1 amide bonds. The first-order valence-corrected chi connectivity index (χ1v) is 10.8. The topological polar surface area (TPSA) is 134 Å². The van der Waals surface area contributed by atoms with E-state index in [0.29, 0.717) is 22.6 Å². The normalized spacial score (nSPS) is 21.4. The Kier molecular flexibility index (Phi) is 6.80. The highest BCUT2D eigenvalue weighted by atomic mass is 19.1. The summed E-state index contributed by atoms with van der Waals surface area (Å²) in [6.07, 6.45) is -0.415. The molecule has 34 heavy (non-hydrogen) atoms. The van der Waals surface area contributed by atoms with Crippen LogP contribution in [0.15, 0.2) is 54.7 Å². The maximum Gasteiger partial charge on any atom is 0.225 e. The van der Waals surface area contributed by atoms with Crippen molar-refractivity contribution in [3.63, 3.8) is 0 Å². The van der Waals surface area contributed by atoms with Crippen LogP contribution in [0.2, 0.25) is 0 Å². The van der Waals surface area contributed by atoms with Crippen LogP contribution in [0.1, 0.15) is 30.2 Å². The highest BCUT2D eigenvalue weighted by Crippen LogP contribution is 2.45. The van der Waals surface area contributed by atoms with Crippen LogP contribution in [0.3, 0.4) is 0 Å². The van der Waals surface area contributed by atoms with Gasteiger partial charge in [0.05, 0.1) is 30.0 Å². The van der Waals surface area contributed by atoms with Crippen molar-refractivity contribution >= 4 is 11.7 Å². The van der Waals surface area contributed by atoms with E-state index in [9.17, 15) is 23.8 Å². The molecule has 1 aliphatic carbocycles. The van der Waals surface area contributed by atoms with Gasteiger partial charge in [-0.05, 0) is 48.7 Å². The van der Waals surface area contributed by atoms with Crippen LogP contribution < -0.4 is 11.1 Å². The van der Waals surface area contributed by atoms with Crippen LogP contribution in [-0.2, 0) is 10.2 Å². The van der Waals surface area contributed by atoms with Crippen LogP contribution >= 0.6 is 0 Å². The zero-order chi connectivity index (χ0) is 24.3. The molecule has 1 fully saturated rings. The number of nitrogens with zero attached hydrogens (tertiary/aromatic N) is 3. The Morgan fingerprint density at radius 1 is 1.21 bits per heavy atom. The summed E-state index contributed by atoms with van der Waals surface area (Å²) >= 11 is 0. The van der Waals surface area contributed by atoms with E-state index in [1.165, 1.54) is 18.3 Å². The summed E-state index contributed by atoms with van der Waals surface area (Å²) in [5.74, 6) is -1.95. The number of carbonyl (C=O) groups excluding carboxylic acids is 1. The molecule has 0 radical (unpaired) electrons. The lowest BCUT2D eigenvalue weighted by atomic mass is 9.65. The van der Waals surface area contributed by atoms with E-state index in [4.69, 9.17) is 5.73 Å². The van der Waals surface area contributed by atoms with Crippen molar-refractivity contribution in [3.8, 4) is 11.3 Å². The second kappa shape index (κ2) is 9.78. The fourth-order valence-electron chi connectivity index (χ4n) is 4.29. The molecule has 2 aromatic heterocycles. The van der Waals surface area contributed by atoms with Gasteiger partial charge >= 0.3 is 0 Å². The molecule has 1 aliphatic rings. The highest BCUT2D eigenvalue weighted by molar-refractivity contribution is 5.77. The Bertz CT molecular complexity index is 1160. The van der Waals surface area contributed by atoms with Gasteiger partial charge in [-0.3, -0.25) is 9.78 Å². The number of aliphatic hydroxyl groups is 2. The summed E-state index contributed by atoms with van der Waals surface area (Å²) in [4.78, 5) is 15.6. The number of primary amides is 1. The largest absolute Gasteiger partial charge is 0.395 e. The molecule has 8 nitrogen and oxygen atoms in total. The number of pyridine rings is 1. The average molecular weight is 469 g/mol. The number of aromatic nitrogens is 3. The Balaban J connectivity index is 1.48. The Hall–Kier alpha value is -3.50. The molecule has 3 aromatic rings. The number of nitrogens with one attached hydrogen (secondary N) is 1. The van der Waals surface area contributed by atoms with Gasteiger partial charge in [-0.1, -0.05) is 18.2 Å². The predicted molar refractivity (Wildman–Crippen MR) is 121 cm³/mol. The first-order chi connectivity index (χ1) is 16.3. The van der Waals surface area contributed by atoms with E-state index in [1.54, 1.807) is 36.4 Å². The van der Waals surface area contributed by atoms with Gasteiger partial charge in [0.2, 0.25) is 5.91 Å². The molecule has 0 saturated heterocycles. The maximum absolute atomic E-state index is 14.3. The molecule has 1 aromatic carbocycles. The molecular formula is C24H25F2N5O3. The smallest absolute Gasteiger partial charge is 0.225 e. The van der Waals surface area contributed by atoms with Crippen LogP contribution in [0.5, 0.6) is 0 Å². The number of aliphatic hydroxyl groups excluding tert-OH is 2. The molecule has 178 valence electrons. The summed E-state index contributed by atoms with van der Waals surface area (Å²) in [6, 6.07) is 12.9. The number of carbonyl (C=O) groups is 1. The van der Waals surface area contributed by atoms with E-state index in [0.717, 1.165) is 0 Å². The minimum Gasteiger partial charge on any atom is -0.395 e. The van der Waals surface area contributed by atoms with Gasteiger partial charge in [-0.25, -0.2) is 8.78 Å². The molecule has 10 heteroatoms. The lowest BCUT2D eigenvalue weighted by molar-refractivity contribution is -0.127. The van der Waals surface area contributed by atoms with E-state index >= 15 is 0 Å². The molecule has 1 saturated carbocycles. The third-order valence-corrected chi connectivity index (χ3v) is 6.22.